The van der Waals surface area contributed by atoms with Gasteiger partial charge in [-0.2, -0.15) is 0 Å². The molecule has 0 radical (unpaired) electrons. The van der Waals surface area contributed by atoms with E-state index >= 15 is 0 Å². The molecule has 0 fully saturated rings. The number of nitrogens with zero attached hydrogens (tertiary/aromatic N) is 2. The molecule has 14 heavy (non-hydrogen) atoms. The second-order valence-electron chi connectivity index (χ2n) is 2.87. The van der Waals surface area contributed by atoms with E-state index in [1.165, 1.54) is 0 Å². The predicted octanol–water partition coefficient (Wildman–Crippen LogP) is 1.67. The second kappa shape index (κ2) is 6.37. The number of amidine groups is 1. The summed E-state index contributed by atoms with van der Waals surface area (Å²) >= 11 is 1.69. The van der Waals surface area contributed by atoms with E-state index in [2.05, 4.69) is 9.97 Å². The van der Waals surface area contributed by atoms with Crippen LogP contribution in [-0.4, -0.2) is 21.6 Å². The Kier molecular flexibility index (Phi) is 4.99. The van der Waals surface area contributed by atoms with Gasteiger partial charge >= 0.3 is 0 Å². The lowest BCUT2D eigenvalue weighted by Gasteiger charge is -1.99. The van der Waals surface area contributed by atoms with E-state index in [0.717, 1.165) is 23.6 Å². The van der Waals surface area contributed by atoms with Crippen molar-refractivity contribution in [1.82, 2.24) is 9.97 Å². The predicted molar refractivity (Wildman–Crippen MR) is 58.5 cm³/mol. The Bertz CT molecular complexity index is 275. The van der Waals surface area contributed by atoms with Crippen molar-refractivity contribution in [1.29, 1.82) is 5.41 Å². The average molecular weight is 210 g/mol. The number of hydrogen-bond acceptors (Lipinski definition) is 4. The molecule has 1 aromatic heterocycles. The first-order chi connectivity index (χ1) is 6.79. The van der Waals surface area contributed by atoms with E-state index in [0.29, 0.717) is 6.42 Å². The molecule has 0 atom stereocenters. The lowest BCUT2D eigenvalue weighted by atomic mass is 10.2. The first-order valence-corrected chi connectivity index (χ1v) is 5.49. The minimum Gasteiger partial charge on any atom is -0.388 e. The van der Waals surface area contributed by atoms with Crippen molar-refractivity contribution in [3.8, 4) is 0 Å². The standard InChI is InChI=1S/C9H14N4S/c10-8(11)3-1-2-6-14-9-7-12-4-5-13-9/h4-5,7H,1-3,6H2,(H3,10,11). The van der Waals surface area contributed by atoms with Crippen molar-refractivity contribution in [3.05, 3.63) is 18.6 Å². The number of aromatic nitrogens is 2. The van der Waals surface area contributed by atoms with Crippen LogP contribution >= 0.6 is 11.8 Å². The molecule has 0 unspecified atom stereocenters. The second-order valence-corrected chi connectivity index (χ2v) is 3.99. The molecule has 1 rings (SSSR count). The molecule has 1 heterocycles. The normalized spacial score (nSPS) is 10.0. The van der Waals surface area contributed by atoms with E-state index < -0.39 is 0 Å². The largest absolute Gasteiger partial charge is 0.388 e. The molecular weight excluding hydrogens is 196 g/mol. The van der Waals surface area contributed by atoms with Crippen LogP contribution in [0.25, 0.3) is 0 Å². The maximum absolute atomic E-state index is 7.04. The highest BCUT2D eigenvalue weighted by Crippen LogP contribution is 2.15. The Balaban J connectivity index is 2.08. The molecule has 0 aliphatic heterocycles. The van der Waals surface area contributed by atoms with Crippen LogP contribution in [0.2, 0.25) is 0 Å². The molecule has 1 aromatic rings. The fourth-order valence-corrected chi connectivity index (χ4v) is 1.78. The smallest absolute Gasteiger partial charge is 0.114 e. The monoisotopic (exact) mass is 210 g/mol. The topological polar surface area (TPSA) is 75.7 Å². The van der Waals surface area contributed by atoms with E-state index in [1.54, 1.807) is 30.4 Å². The quantitative estimate of drug-likeness (QED) is 0.324. The average Bonchev–Trinajstić information content (AvgIpc) is 2.18. The fraction of sp³-hybridized carbons (Fsp3) is 0.444. The summed E-state index contributed by atoms with van der Waals surface area (Å²) in [5.74, 6) is 1.28. The molecular formula is C9H14N4S. The van der Waals surface area contributed by atoms with Crippen LogP contribution in [0.1, 0.15) is 19.3 Å². The van der Waals surface area contributed by atoms with Crippen molar-refractivity contribution < 1.29 is 0 Å². The third-order valence-electron chi connectivity index (χ3n) is 1.63. The number of thioether (sulfide) groups is 1. The summed E-state index contributed by atoms with van der Waals surface area (Å²) in [7, 11) is 0. The third-order valence-corrected chi connectivity index (χ3v) is 2.63. The zero-order valence-electron chi connectivity index (χ0n) is 7.94. The van der Waals surface area contributed by atoms with Crippen LogP contribution in [0.3, 0.4) is 0 Å². The van der Waals surface area contributed by atoms with Gasteiger partial charge in [0.25, 0.3) is 0 Å². The Hall–Kier alpha value is -1.10. The Morgan fingerprint density at radius 1 is 1.43 bits per heavy atom. The molecule has 0 saturated heterocycles. The SMILES string of the molecule is N=C(N)CCCCSc1cnccn1. The van der Waals surface area contributed by atoms with Crippen molar-refractivity contribution in [2.24, 2.45) is 5.73 Å². The summed E-state index contributed by atoms with van der Waals surface area (Å²) in [6, 6.07) is 0. The summed E-state index contributed by atoms with van der Waals surface area (Å²) in [5.41, 5.74) is 5.24. The molecule has 0 aliphatic carbocycles. The molecule has 76 valence electrons. The van der Waals surface area contributed by atoms with Crippen LogP contribution in [0.5, 0.6) is 0 Å². The van der Waals surface area contributed by atoms with Gasteiger partial charge in [-0.3, -0.25) is 10.4 Å². The minimum absolute atomic E-state index is 0.273. The van der Waals surface area contributed by atoms with Gasteiger partial charge in [-0.1, -0.05) is 0 Å². The van der Waals surface area contributed by atoms with Gasteiger partial charge in [-0.05, 0) is 18.6 Å². The lowest BCUT2D eigenvalue weighted by molar-refractivity contribution is 0.835. The number of nitrogens with two attached hydrogens (primary N) is 1. The van der Waals surface area contributed by atoms with Crippen LogP contribution < -0.4 is 5.73 Å². The van der Waals surface area contributed by atoms with Gasteiger partial charge < -0.3 is 5.73 Å². The molecule has 0 amide bonds. The van der Waals surface area contributed by atoms with E-state index in [9.17, 15) is 0 Å². The van der Waals surface area contributed by atoms with Gasteiger partial charge in [-0.25, -0.2) is 4.98 Å². The van der Waals surface area contributed by atoms with Crippen molar-refractivity contribution >= 4 is 17.6 Å². The molecule has 0 saturated carbocycles. The first-order valence-electron chi connectivity index (χ1n) is 4.51. The van der Waals surface area contributed by atoms with Gasteiger partial charge in [0.05, 0.1) is 12.0 Å². The van der Waals surface area contributed by atoms with E-state index in [1.807, 2.05) is 0 Å². The molecule has 0 aromatic carbocycles. The summed E-state index contributed by atoms with van der Waals surface area (Å²) in [5, 5.41) is 8.00. The van der Waals surface area contributed by atoms with Crippen LogP contribution in [0, 0.1) is 5.41 Å². The Morgan fingerprint density at radius 2 is 2.29 bits per heavy atom. The fourth-order valence-electron chi connectivity index (χ4n) is 0.954. The summed E-state index contributed by atoms with van der Waals surface area (Å²) in [6.07, 6.45) is 7.85. The number of unbranched alkanes of at least 4 members (excludes halogenated alkanes) is 1. The van der Waals surface area contributed by atoms with Gasteiger partial charge in [0, 0.05) is 18.8 Å². The number of hydrogen-bond donors (Lipinski definition) is 2. The zero-order chi connectivity index (χ0) is 10.2. The summed E-state index contributed by atoms with van der Waals surface area (Å²) in [6.45, 7) is 0. The van der Waals surface area contributed by atoms with E-state index in [4.69, 9.17) is 11.1 Å². The Morgan fingerprint density at radius 3 is 2.93 bits per heavy atom. The van der Waals surface area contributed by atoms with Crippen LogP contribution in [0.15, 0.2) is 23.6 Å². The molecule has 5 heteroatoms. The van der Waals surface area contributed by atoms with E-state index in [-0.39, 0.29) is 5.84 Å². The number of nitrogens with one attached hydrogen (secondary N) is 1. The molecule has 0 bridgehead atoms. The molecule has 4 nitrogen and oxygen atoms in total. The van der Waals surface area contributed by atoms with Crippen molar-refractivity contribution in [2.45, 2.75) is 24.3 Å². The maximum Gasteiger partial charge on any atom is 0.114 e. The first kappa shape index (κ1) is 11.0. The Labute approximate surface area is 87.8 Å². The highest BCUT2D eigenvalue weighted by atomic mass is 32.2. The molecule has 0 aliphatic rings. The van der Waals surface area contributed by atoms with Crippen LogP contribution in [0.4, 0.5) is 0 Å². The van der Waals surface area contributed by atoms with Crippen LogP contribution in [-0.2, 0) is 0 Å². The number of rotatable bonds is 6. The third kappa shape index (κ3) is 4.81. The molecule has 3 N–H and O–H groups in total. The maximum atomic E-state index is 7.04. The summed E-state index contributed by atoms with van der Waals surface area (Å²) in [4.78, 5) is 8.12. The highest BCUT2D eigenvalue weighted by molar-refractivity contribution is 7.99. The minimum atomic E-state index is 0.273. The summed E-state index contributed by atoms with van der Waals surface area (Å²) < 4.78 is 0. The van der Waals surface area contributed by atoms with Gasteiger partial charge in [0.15, 0.2) is 0 Å². The van der Waals surface area contributed by atoms with Gasteiger partial charge in [0.2, 0.25) is 0 Å². The zero-order valence-corrected chi connectivity index (χ0v) is 8.76. The highest BCUT2D eigenvalue weighted by Gasteiger charge is 1.95. The van der Waals surface area contributed by atoms with Crippen molar-refractivity contribution in [2.75, 3.05) is 5.75 Å². The molecule has 0 spiro atoms. The van der Waals surface area contributed by atoms with Gasteiger partial charge in [0.1, 0.15) is 5.03 Å². The van der Waals surface area contributed by atoms with Crippen molar-refractivity contribution in [3.63, 3.8) is 0 Å². The van der Waals surface area contributed by atoms with Gasteiger partial charge in [-0.15, -0.1) is 11.8 Å². The lowest BCUT2D eigenvalue weighted by Crippen LogP contribution is -2.08.